The molecule has 0 aliphatic rings. The molecule has 0 bridgehead atoms. The van der Waals surface area contributed by atoms with E-state index in [-0.39, 0.29) is 29.4 Å². The number of carbonyl (C=O) groups is 1. The third-order valence-corrected chi connectivity index (χ3v) is 7.66. The van der Waals surface area contributed by atoms with Gasteiger partial charge in [0.15, 0.2) is 14.6 Å². The van der Waals surface area contributed by atoms with E-state index < -0.39 is 9.84 Å². The first-order chi connectivity index (χ1) is 14.8. The first kappa shape index (κ1) is 23.2. The number of benzene rings is 2. The Morgan fingerprint density at radius 2 is 1.87 bits per heavy atom. The van der Waals surface area contributed by atoms with Crippen LogP contribution >= 0.6 is 11.3 Å². The number of fused-ring (bicyclic) bond motifs is 1. The van der Waals surface area contributed by atoms with Gasteiger partial charge in [-0.1, -0.05) is 17.4 Å². The van der Waals surface area contributed by atoms with Crippen molar-refractivity contribution >= 4 is 37.3 Å². The van der Waals surface area contributed by atoms with Crippen molar-refractivity contribution in [2.45, 2.75) is 31.2 Å². The van der Waals surface area contributed by atoms with Crippen molar-refractivity contribution in [2.24, 2.45) is 4.99 Å². The van der Waals surface area contributed by atoms with Gasteiger partial charge in [-0.25, -0.2) is 8.42 Å². The number of ether oxygens (including phenoxy) is 2. The molecule has 0 unspecified atom stereocenters. The number of hydrogen-bond donors (Lipinski definition) is 0. The van der Waals surface area contributed by atoms with Crippen molar-refractivity contribution in [3.8, 4) is 5.75 Å². The van der Waals surface area contributed by atoms with Crippen molar-refractivity contribution in [1.82, 2.24) is 4.57 Å². The fourth-order valence-corrected chi connectivity index (χ4v) is 5.62. The lowest BCUT2D eigenvalue weighted by Crippen LogP contribution is -2.19. The SMILES string of the molecule is COCCn1c(=NC(=O)CCCS(=O)(=O)c2ccc(OC)cc2)sc2cc(C)ccc21. The molecule has 3 aromatic rings. The maximum absolute atomic E-state index is 12.5. The number of aryl methyl sites for hydroxylation is 1. The number of sulfone groups is 1. The Morgan fingerprint density at radius 3 is 2.55 bits per heavy atom. The number of aromatic nitrogens is 1. The molecule has 1 amide bonds. The molecule has 31 heavy (non-hydrogen) atoms. The average Bonchev–Trinajstić information content (AvgIpc) is 3.07. The van der Waals surface area contributed by atoms with Gasteiger partial charge < -0.3 is 14.0 Å². The Kier molecular flexibility index (Phi) is 7.64. The maximum atomic E-state index is 12.5. The molecule has 2 aromatic carbocycles. The van der Waals surface area contributed by atoms with Gasteiger partial charge in [0.25, 0.3) is 0 Å². The molecule has 3 rings (SSSR count). The number of hydrogen-bond acceptors (Lipinski definition) is 6. The molecule has 0 atom stereocenters. The summed E-state index contributed by atoms with van der Waals surface area (Å²) in [6.45, 7) is 3.10. The van der Waals surface area contributed by atoms with Gasteiger partial charge in [-0.15, -0.1) is 0 Å². The van der Waals surface area contributed by atoms with Crippen LogP contribution in [0.3, 0.4) is 0 Å². The van der Waals surface area contributed by atoms with Crippen molar-refractivity contribution in [2.75, 3.05) is 26.6 Å². The number of carbonyl (C=O) groups excluding carboxylic acids is 1. The highest BCUT2D eigenvalue weighted by Crippen LogP contribution is 2.20. The lowest BCUT2D eigenvalue weighted by atomic mass is 10.2. The Labute approximate surface area is 185 Å². The van der Waals surface area contributed by atoms with Crippen molar-refractivity contribution < 1.29 is 22.7 Å². The lowest BCUT2D eigenvalue weighted by molar-refractivity contribution is -0.118. The molecule has 166 valence electrons. The summed E-state index contributed by atoms with van der Waals surface area (Å²) in [6.07, 6.45) is 0.270. The van der Waals surface area contributed by atoms with E-state index in [1.807, 2.05) is 23.6 Å². The van der Waals surface area contributed by atoms with Crippen LogP contribution in [-0.4, -0.2) is 45.5 Å². The predicted molar refractivity (Wildman–Crippen MR) is 121 cm³/mol. The van der Waals surface area contributed by atoms with Crippen molar-refractivity contribution in [3.05, 3.63) is 52.8 Å². The van der Waals surface area contributed by atoms with Crippen LogP contribution in [-0.2, 0) is 25.9 Å². The summed E-state index contributed by atoms with van der Waals surface area (Å²) in [5.74, 6) is 0.142. The van der Waals surface area contributed by atoms with Gasteiger partial charge in [-0.05, 0) is 55.3 Å². The Morgan fingerprint density at radius 1 is 1.13 bits per heavy atom. The minimum absolute atomic E-state index is 0.0624. The number of thiazole rings is 1. The quantitative estimate of drug-likeness (QED) is 0.487. The Bertz CT molecular complexity index is 1230. The van der Waals surface area contributed by atoms with Gasteiger partial charge in [0, 0.05) is 20.1 Å². The number of nitrogens with zero attached hydrogens (tertiary/aromatic N) is 2. The zero-order chi connectivity index (χ0) is 22.4. The van der Waals surface area contributed by atoms with E-state index >= 15 is 0 Å². The molecule has 0 fully saturated rings. The smallest absolute Gasteiger partial charge is 0.248 e. The molecule has 0 saturated heterocycles. The van der Waals surface area contributed by atoms with Crippen LogP contribution in [0.25, 0.3) is 10.2 Å². The summed E-state index contributed by atoms with van der Waals surface area (Å²) in [4.78, 5) is 17.6. The molecule has 0 radical (unpaired) electrons. The normalized spacial score (nSPS) is 12.4. The second-order valence-electron chi connectivity index (χ2n) is 7.10. The van der Waals surface area contributed by atoms with Crippen LogP contribution in [0.1, 0.15) is 18.4 Å². The van der Waals surface area contributed by atoms with Crippen LogP contribution < -0.4 is 9.54 Å². The maximum Gasteiger partial charge on any atom is 0.248 e. The van der Waals surface area contributed by atoms with E-state index in [0.29, 0.717) is 23.7 Å². The molecule has 7 nitrogen and oxygen atoms in total. The molecule has 0 saturated carbocycles. The number of rotatable bonds is 9. The molecular formula is C22H26N2O5S2. The zero-order valence-corrected chi connectivity index (χ0v) is 19.5. The molecule has 1 aromatic heterocycles. The van der Waals surface area contributed by atoms with Gasteiger partial charge >= 0.3 is 0 Å². The fraction of sp³-hybridized carbons (Fsp3) is 0.364. The van der Waals surface area contributed by atoms with Crippen LogP contribution in [0.15, 0.2) is 52.4 Å². The summed E-state index contributed by atoms with van der Waals surface area (Å²) in [5, 5.41) is 0. The highest BCUT2D eigenvalue weighted by Gasteiger charge is 2.15. The van der Waals surface area contributed by atoms with Gasteiger partial charge in [0.2, 0.25) is 5.91 Å². The van der Waals surface area contributed by atoms with E-state index in [9.17, 15) is 13.2 Å². The molecule has 0 N–H and O–H groups in total. The minimum Gasteiger partial charge on any atom is -0.497 e. The van der Waals surface area contributed by atoms with Gasteiger partial charge in [-0.2, -0.15) is 4.99 Å². The summed E-state index contributed by atoms with van der Waals surface area (Å²) >= 11 is 1.45. The van der Waals surface area contributed by atoms with Crippen molar-refractivity contribution in [3.63, 3.8) is 0 Å². The van der Waals surface area contributed by atoms with Crippen LogP contribution in [0.5, 0.6) is 5.75 Å². The zero-order valence-electron chi connectivity index (χ0n) is 17.8. The third kappa shape index (κ3) is 5.81. The summed E-state index contributed by atoms with van der Waals surface area (Å²) < 4.78 is 38.2. The number of methoxy groups -OCH3 is 2. The van der Waals surface area contributed by atoms with E-state index in [2.05, 4.69) is 11.1 Å². The second kappa shape index (κ2) is 10.2. The first-order valence-electron chi connectivity index (χ1n) is 9.87. The predicted octanol–water partition coefficient (Wildman–Crippen LogP) is 3.35. The molecule has 1 heterocycles. The second-order valence-corrected chi connectivity index (χ2v) is 10.2. The largest absolute Gasteiger partial charge is 0.497 e. The molecular weight excluding hydrogens is 436 g/mol. The highest BCUT2D eigenvalue weighted by molar-refractivity contribution is 7.91. The van der Waals surface area contributed by atoms with E-state index in [4.69, 9.17) is 9.47 Å². The van der Waals surface area contributed by atoms with Gasteiger partial charge in [0.05, 0.1) is 34.6 Å². The summed E-state index contributed by atoms with van der Waals surface area (Å²) in [7, 11) is -0.315. The topological polar surface area (TPSA) is 87.0 Å². The fourth-order valence-electron chi connectivity index (χ4n) is 3.14. The van der Waals surface area contributed by atoms with Gasteiger partial charge in [-0.3, -0.25) is 4.79 Å². The third-order valence-electron chi connectivity index (χ3n) is 4.80. The Balaban J connectivity index is 1.72. The van der Waals surface area contributed by atoms with E-state index in [1.54, 1.807) is 19.2 Å². The first-order valence-corrected chi connectivity index (χ1v) is 12.3. The molecule has 9 heteroatoms. The van der Waals surface area contributed by atoms with E-state index in [0.717, 1.165) is 15.8 Å². The van der Waals surface area contributed by atoms with E-state index in [1.165, 1.54) is 30.6 Å². The summed E-state index contributed by atoms with van der Waals surface area (Å²) in [5.41, 5.74) is 2.13. The standard InChI is InChI=1S/C22H26N2O5S2/c1-16-6-11-19-20(15-16)30-22(24(19)12-13-28-2)23-21(25)5-4-14-31(26,27)18-9-7-17(29-3)8-10-18/h6-11,15H,4-5,12-14H2,1-3H3. The molecule has 0 spiro atoms. The minimum atomic E-state index is -3.47. The van der Waals surface area contributed by atoms with Crippen LogP contribution in [0, 0.1) is 6.92 Å². The lowest BCUT2D eigenvalue weighted by Gasteiger charge is -2.05. The van der Waals surface area contributed by atoms with Crippen LogP contribution in [0.4, 0.5) is 0 Å². The average molecular weight is 463 g/mol. The van der Waals surface area contributed by atoms with Crippen molar-refractivity contribution in [1.29, 1.82) is 0 Å². The van der Waals surface area contributed by atoms with Crippen LogP contribution in [0.2, 0.25) is 0 Å². The Hall–Kier alpha value is -2.49. The molecule has 0 aliphatic carbocycles. The van der Waals surface area contributed by atoms with Gasteiger partial charge in [0.1, 0.15) is 5.75 Å². The molecule has 0 aliphatic heterocycles. The summed E-state index contributed by atoms with van der Waals surface area (Å²) in [6, 6.07) is 12.3. The highest BCUT2D eigenvalue weighted by atomic mass is 32.2. The number of amides is 1. The monoisotopic (exact) mass is 462 g/mol.